The Bertz CT molecular complexity index is 1360. The summed E-state index contributed by atoms with van der Waals surface area (Å²) < 4.78 is 32.5. The van der Waals surface area contributed by atoms with Crippen LogP contribution in [0.15, 0.2) is 57.1 Å². The van der Waals surface area contributed by atoms with Crippen molar-refractivity contribution in [2.45, 2.75) is 4.90 Å². The molecule has 1 saturated heterocycles. The first-order valence-electron chi connectivity index (χ1n) is 10.2. The number of hydrogen-bond acceptors (Lipinski definition) is 8. The SMILES string of the molecule is COc1ccc(S(=O)(=O)N2CCN(CC3=Nc4cccc5c(=O)[nH]nc(c45)N3)CC2)cc1. The molecule has 3 heterocycles. The van der Waals surface area contributed by atoms with E-state index in [1.807, 2.05) is 6.07 Å². The van der Waals surface area contributed by atoms with Gasteiger partial charge >= 0.3 is 0 Å². The Morgan fingerprint density at radius 1 is 1.06 bits per heavy atom. The van der Waals surface area contributed by atoms with Gasteiger partial charge in [-0.15, -0.1) is 0 Å². The zero-order valence-corrected chi connectivity index (χ0v) is 18.2. The fourth-order valence-electron chi connectivity index (χ4n) is 4.01. The first kappa shape index (κ1) is 20.6. The second-order valence-electron chi connectivity index (χ2n) is 7.64. The van der Waals surface area contributed by atoms with Gasteiger partial charge in [-0.25, -0.2) is 18.5 Å². The number of nitrogens with zero attached hydrogens (tertiary/aromatic N) is 4. The maximum absolute atomic E-state index is 12.9. The minimum absolute atomic E-state index is 0.250. The van der Waals surface area contributed by atoms with Crippen molar-refractivity contribution in [3.63, 3.8) is 0 Å². The molecule has 11 heteroatoms. The molecule has 0 atom stereocenters. The largest absolute Gasteiger partial charge is 0.497 e. The topological polar surface area (TPSA) is 120 Å². The van der Waals surface area contributed by atoms with Crippen LogP contribution in [0.4, 0.5) is 11.5 Å². The standard InChI is InChI=1S/C21H22N6O4S/c1-31-14-5-7-15(8-6-14)32(29,30)27-11-9-26(10-12-27)13-18-22-17-4-2-3-16-19(17)20(23-18)24-25-21(16)28/h2-8H,9-13H2,1H3,(H,25,28)(H,22,23,24). The summed E-state index contributed by atoms with van der Waals surface area (Å²) in [5, 5.41) is 11.1. The molecule has 0 spiro atoms. The number of hydrogen-bond donors (Lipinski definition) is 2. The third kappa shape index (κ3) is 3.64. The normalized spacial score (nSPS) is 17.1. The number of amidine groups is 1. The van der Waals surface area contributed by atoms with Crippen molar-refractivity contribution in [2.24, 2.45) is 4.99 Å². The van der Waals surface area contributed by atoms with E-state index in [4.69, 9.17) is 4.74 Å². The lowest BCUT2D eigenvalue weighted by molar-refractivity contribution is 0.209. The molecule has 2 aliphatic rings. The zero-order valence-electron chi connectivity index (χ0n) is 17.4. The fraction of sp³-hybridized carbons (Fsp3) is 0.286. The molecular formula is C21H22N6O4S. The van der Waals surface area contributed by atoms with Crippen LogP contribution in [0.3, 0.4) is 0 Å². The highest BCUT2D eigenvalue weighted by Gasteiger charge is 2.29. The Hall–Kier alpha value is -3.28. The summed E-state index contributed by atoms with van der Waals surface area (Å²) in [7, 11) is -2.01. The second-order valence-corrected chi connectivity index (χ2v) is 9.58. The van der Waals surface area contributed by atoms with Crippen LogP contribution in [0.25, 0.3) is 10.8 Å². The van der Waals surface area contributed by atoms with Crippen LogP contribution in [-0.4, -0.2) is 73.5 Å². The number of aromatic amines is 1. The first-order valence-corrected chi connectivity index (χ1v) is 11.6. The molecule has 2 aliphatic heterocycles. The Kier molecular flexibility index (Phi) is 5.16. The van der Waals surface area contributed by atoms with E-state index in [9.17, 15) is 13.2 Å². The number of benzene rings is 2. The number of ether oxygens (including phenoxy) is 1. The van der Waals surface area contributed by atoms with Gasteiger partial charge in [0, 0.05) is 26.2 Å². The van der Waals surface area contributed by atoms with Crippen LogP contribution in [0.5, 0.6) is 5.75 Å². The number of H-pyrrole nitrogens is 1. The summed E-state index contributed by atoms with van der Waals surface area (Å²) in [6, 6.07) is 11.8. The highest BCUT2D eigenvalue weighted by atomic mass is 32.2. The van der Waals surface area contributed by atoms with E-state index in [2.05, 4.69) is 25.4 Å². The molecule has 0 saturated carbocycles. The van der Waals surface area contributed by atoms with Crippen LogP contribution in [-0.2, 0) is 10.0 Å². The van der Waals surface area contributed by atoms with Gasteiger partial charge in [-0.2, -0.15) is 9.40 Å². The molecule has 0 unspecified atom stereocenters. The number of nitrogens with one attached hydrogen (secondary N) is 2. The number of rotatable bonds is 5. The van der Waals surface area contributed by atoms with Gasteiger partial charge in [-0.3, -0.25) is 9.69 Å². The maximum atomic E-state index is 12.9. The van der Waals surface area contributed by atoms with Gasteiger partial charge in [0.05, 0.1) is 35.0 Å². The van der Waals surface area contributed by atoms with E-state index in [1.165, 1.54) is 4.31 Å². The Morgan fingerprint density at radius 3 is 2.53 bits per heavy atom. The lowest BCUT2D eigenvalue weighted by Gasteiger charge is -2.34. The van der Waals surface area contributed by atoms with E-state index in [0.717, 1.165) is 0 Å². The predicted octanol–water partition coefficient (Wildman–Crippen LogP) is 1.39. The lowest BCUT2D eigenvalue weighted by atomic mass is 10.1. The molecule has 1 fully saturated rings. The third-order valence-corrected chi connectivity index (χ3v) is 7.63. The first-order chi connectivity index (χ1) is 15.5. The zero-order chi connectivity index (χ0) is 22.3. The molecule has 2 aromatic carbocycles. The maximum Gasteiger partial charge on any atom is 0.272 e. The summed E-state index contributed by atoms with van der Waals surface area (Å²) in [6.45, 7) is 2.45. The van der Waals surface area contributed by atoms with E-state index in [0.29, 0.717) is 66.6 Å². The van der Waals surface area contributed by atoms with Gasteiger partial charge in [0.15, 0.2) is 5.82 Å². The Morgan fingerprint density at radius 2 is 1.81 bits per heavy atom. The molecule has 0 bridgehead atoms. The van der Waals surface area contributed by atoms with Crippen LogP contribution >= 0.6 is 0 Å². The van der Waals surface area contributed by atoms with Crippen LogP contribution in [0, 0.1) is 0 Å². The molecule has 1 aromatic heterocycles. The van der Waals surface area contributed by atoms with Gasteiger partial charge in [0.1, 0.15) is 11.6 Å². The van der Waals surface area contributed by atoms with E-state index in [1.54, 1.807) is 43.5 Å². The molecule has 0 aliphatic carbocycles. The molecular weight excluding hydrogens is 432 g/mol. The average Bonchev–Trinajstić information content (AvgIpc) is 2.82. The Balaban J connectivity index is 1.27. The summed E-state index contributed by atoms with van der Waals surface area (Å²) in [4.78, 5) is 19.1. The number of methoxy groups -OCH3 is 1. The van der Waals surface area contributed by atoms with E-state index in [-0.39, 0.29) is 10.5 Å². The van der Waals surface area contributed by atoms with Crippen molar-refractivity contribution < 1.29 is 13.2 Å². The Labute approximate surface area is 184 Å². The van der Waals surface area contributed by atoms with Crippen molar-refractivity contribution in [1.82, 2.24) is 19.4 Å². The second kappa shape index (κ2) is 8.01. The molecule has 5 rings (SSSR count). The predicted molar refractivity (Wildman–Crippen MR) is 121 cm³/mol. The lowest BCUT2D eigenvalue weighted by Crippen LogP contribution is -2.50. The molecule has 0 radical (unpaired) electrons. The van der Waals surface area contributed by atoms with Gasteiger partial charge in [0.25, 0.3) is 5.56 Å². The van der Waals surface area contributed by atoms with E-state index < -0.39 is 10.0 Å². The van der Waals surface area contributed by atoms with Gasteiger partial charge in [-0.05, 0) is 36.4 Å². The van der Waals surface area contributed by atoms with Crippen LogP contribution < -0.4 is 15.6 Å². The number of sulfonamides is 1. The van der Waals surface area contributed by atoms with Crippen LogP contribution in [0.2, 0.25) is 0 Å². The van der Waals surface area contributed by atoms with E-state index >= 15 is 0 Å². The number of aliphatic imine (C=N–C) groups is 1. The van der Waals surface area contributed by atoms with Crippen molar-refractivity contribution >= 4 is 38.1 Å². The summed E-state index contributed by atoms with van der Waals surface area (Å²) in [5.74, 6) is 1.89. The third-order valence-electron chi connectivity index (χ3n) is 5.71. The van der Waals surface area contributed by atoms with Gasteiger partial charge in [-0.1, -0.05) is 6.07 Å². The summed E-state index contributed by atoms with van der Waals surface area (Å²) in [6.07, 6.45) is 0. The van der Waals surface area contributed by atoms with Gasteiger partial charge < -0.3 is 10.1 Å². The van der Waals surface area contributed by atoms with Crippen molar-refractivity contribution in [3.05, 3.63) is 52.8 Å². The summed E-state index contributed by atoms with van der Waals surface area (Å²) >= 11 is 0. The summed E-state index contributed by atoms with van der Waals surface area (Å²) in [5.41, 5.74) is 0.450. The van der Waals surface area contributed by atoms with Crippen LogP contribution in [0.1, 0.15) is 0 Å². The molecule has 3 aromatic rings. The van der Waals surface area contributed by atoms with Crippen molar-refractivity contribution in [2.75, 3.05) is 45.2 Å². The molecule has 166 valence electrons. The minimum atomic E-state index is -3.55. The molecule has 10 nitrogen and oxygen atoms in total. The quantitative estimate of drug-likeness (QED) is 0.598. The molecule has 32 heavy (non-hydrogen) atoms. The highest BCUT2D eigenvalue weighted by molar-refractivity contribution is 7.89. The number of aromatic nitrogens is 2. The van der Waals surface area contributed by atoms with Crippen molar-refractivity contribution in [1.29, 1.82) is 0 Å². The molecule has 0 amide bonds. The van der Waals surface area contributed by atoms with Crippen molar-refractivity contribution in [3.8, 4) is 5.75 Å². The highest BCUT2D eigenvalue weighted by Crippen LogP contribution is 2.32. The van der Waals surface area contributed by atoms with Gasteiger partial charge in [0.2, 0.25) is 10.0 Å². The smallest absolute Gasteiger partial charge is 0.272 e. The number of piperazine rings is 1. The fourth-order valence-corrected chi connectivity index (χ4v) is 5.43. The monoisotopic (exact) mass is 454 g/mol. The molecule has 2 N–H and O–H groups in total. The minimum Gasteiger partial charge on any atom is -0.497 e. The number of anilines is 1. The average molecular weight is 455 g/mol.